The van der Waals surface area contributed by atoms with Crippen LogP contribution in [-0.4, -0.2) is 17.7 Å². The maximum absolute atomic E-state index is 12.9. The summed E-state index contributed by atoms with van der Waals surface area (Å²) in [5.41, 5.74) is 3.44. The molecule has 148 valence electrons. The Morgan fingerprint density at radius 3 is 2.59 bits per heavy atom. The average molecular weight is 409 g/mol. The van der Waals surface area contributed by atoms with Crippen molar-refractivity contribution < 1.29 is 14.4 Å². The predicted octanol–water partition coefficient (Wildman–Crippen LogP) is 4.75. The second-order valence-corrected chi connectivity index (χ2v) is 8.09. The molecule has 6 heteroatoms. The summed E-state index contributed by atoms with van der Waals surface area (Å²) >= 11 is 6.12. The molecule has 5 nitrogen and oxygen atoms in total. The lowest BCUT2D eigenvalue weighted by atomic mass is 9.82. The van der Waals surface area contributed by atoms with Crippen LogP contribution in [-0.2, 0) is 9.59 Å². The van der Waals surface area contributed by atoms with Gasteiger partial charge in [0.25, 0.3) is 5.91 Å². The first-order valence-corrected chi connectivity index (χ1v) is 9.94. The summed E-state index contributed by atoms with van der Waals surface area (Å²) in [6.07, 6.45) is 3.23. The molecule has 2 aromatic carbocycles. The normalized spacial score (nSPS) is 21.1. The molecule has 0 aromatic heterocycles. The zero-order valence-corrected chi connectivity index (χ0v) is 17.0. The molecule has 4 rings (SSSR count). The number of benzene rings is 2. The predicted molar refractivity (Wildman–Crippen MR) is 113 cm³/mol. The molecule has 1 saturated heterocycles. The summed E-state index contributed by atoms with van der Waals surface area (Å²) in [6.45, 7) is 3.87. The number of anilines is 2. The van der Waals surface area contributed by atoms with Gasteiger partial charge in [0.15, 0.2) is 0 Å². The number of amides is 3. The van der Waals surface area contributed by atoms with E-state index in [9.17, 15) is 14.4 Å². The van der Waals surface area contributed by atoms with Crippen molar-refractivity contribution in [1.82, 2.24) is 0 Å². The van der Waals surface area contributed by atoms with Gasteiger partial charge in [0.05, 0.1) is 17.5 Å². The number of hydrogen-bond donors (Lipinski definition) is 1. The van der Waals surface area contributed by atoms with Crippen LogP contribution in [0.15, 0.2) is 54.1 Å². The number of imide groups is 1. The van der Waals surface area contributed by atoms with Gasteiger partial charge in [-0.05, 0) is 62.6 Å². The number of carbonyl (C=O) groups is 3. The number of halogens is 1. The van der Waals surface area contributed by atoms with Crippen LogP contribution in [0.25, 0.3) is 0 Å². The number of aryl methyl sites for hydroxylation is 1. The van der Waals surface area contributed by atoms with Crippen LogP contribution < -0.4 is 10.2 Å². The van der Waals surface area contributed by atoms with E-state index in [0.29, 0.717) is 34.8 Å². The second kappa shape index (κ2) is 7.48. The number of nitrogens with one attached hydrogen (secondary N) is 1. The van der Waals surface area contributed by atoms with Gasteiger partial charge in [-0.1, -0.05) is 35.4 Å². The van der Waals surface area contributed by atoms with E-state index in [2.05, 4.69) is 5.32 Å². The van der Waals surface area contributed by atoms with Crippen LogP contribution in [0.4, 0.5) is 11.4 Å². The van der Waals surface area contributed by atoms with Gasteiger partial charge in [-0.25, -0.2) is 0 Å². The van der Waals surface area contributed by atoms with Crippen molar-refractivity contribution >= 4 is 40.7 Å². The molecule has 0 saturated carbocycles. The van der Waals surface area contributed by atoms with E-state index < -0.39 is 0 Å². The summed E-state index contributed by atoms with van der Waals surface area (Å²) in [5, 5.41) is 3.37. The fourth-order valence-electron chi connectivity index (χ4n) is 3.95. The summed E-state index contributed by atoms with van der Waals surface area (Å²) in [4.78, 5) is 39.7. The Balaban J connectivity index is 1.57. The number of nitrogens with zero attached hydrogens (tertiary/aromatic N) is 1. The van der Waals surface area contributed by atoms with Gasteiger partial charge in [-0.15, -0.1) is 0 Å². The third kappa shape index (κ3) is 3.58. The highest BCUT2D eigenvalue weighted by Gasteiger charge is 2.48. The Morgan fingerprint density at radius 1 is 1.07 bits per heavy atom. The zero-order valence-electron chi connectivity index (χ0n) is 16.2. The van der Waals surface area contributed by atoms with Gasteiger partial charge in [0, 0.05) is 16.3 Å². The zero-order chi connectivity index (χ0) is 20.7. The number of hydrogen-bond acceptors (Lipinski definition) is 3. The van der Waals surface area contributed by atoms with Crippen molar-refractivity contribution in [3.05, 3.63) is 70.3 Å². The molecular weight excluding hydrogens is 388 g/mol. The fourth-order valence-corrected chi connectivity index (χ4v) is 4.13. The van der Waals surface area contributed by atoms with Gasteiger partial charge in [0.1, 0.15) is 0 Å². The molecule has 3 amide bonds. The molecule has 0 unspecified atom stereocenters. The van der Waals surface area contributed by atoms with Crippen LogP contribution in [0.5, 0.6) is 0 Å². The molecule has 1 fully saturated rings. The molecule has 1 aliphatic carbocycles. The lowest BCUT2D eigenvalue weighted by Gasteiger charge is -2.18. The summed E-state index contributed by atoms with van der Waals surface area (Å²) < 4.78 is 0. The van der Waals surface area contributed by atoms with Crippen molar-refractivity contribution in [1.29, 1.82) is 0 Å². The summed E-state index contributed by atoms with van der Waals surface area (Å²) in [7, 11) is 0. The molecule has 2 aliphatic rings. The van der Waals surface area contributed by atoms with Crippen molar-refractivity contribution in [2.75, 3.05) is 10.2 Å². The van der Waals surface area contributed by atoms with Crippen molar-refractivity contribution in [2.24, 2.45) is 11.8 Å². The highest BCUT2D eigenvalue weighted by Crippen LogP contribution is 2.39. The first-order chi connectivity index (χ1) is 13.8. The van der Waals surface area contributed by atoms with E-state index in [1.807, 2.05) is 26.0 Å². The maximum Gasteiger partial charge on any atom is 0.255 e. The molecular formula is C23H21ClN2O3. The van der Waals surface area contributed by atoms with E-state index >= 15 is 0 Å². The molecule has 1 heterocycles. The Labute approximate surface area is 174 Å². The third-order valence-electron chi connectivity index (χ3n) is 5.62. The summed E-state index contributed by atoms with van der Waals surface area (Å²) in [5.74, 6) is -1.32. The van der Waals surface area contributed by atoms with E-state index in [0.717, 1.165) is 11.1 Å². The van der Waals surface area contributed by atoms with Gasteiger partial charge in [-0.3, -0.25) is 19.3 Å². The lowest BCUT2D eigenvalue weighted by molar-refractivity contribution is -0.122. The van der Waals surface area contributed by atoms with Crippen LogP contribution in [0.3, 0.4) is 0 Å². The Morgan fingerprint density at radius 2 is 1.83 bits per heavy atom. The first kappa shape index (κ1) is 19.4. The largest absolute Gasteiger partial charge is 0.322 e. The number of carbonyl (C=O) groups excluding carboxylic acids is 3. The average Bonchev–Trinajstić information content (AvgIpc) is 2.94. The van der Waals surface area contributed by atoms with Crippen LogP contribution in [0.1, 0.15) is 35.7 Å². The molecule has 1 N–H and O–H groups in total. The molecule has 0 bridgehead atoms. The number of fused-ring (bicyclic) bond motifs is 1. The first-order valence-electron chi connectivity index (χ1n) is 9.56. The highest BCUT2D eigenvalue weighted by atomic mass is 35.5. The molecule has 0 radical (unpaired) electrons. The minimum absolute atomic E-state index is 0.185. The van der Waals surface area contributed by atoms with E-state index in [1.54, 1.807) is 36.4 Å². The Hall–Kier alpha value is -2.92. The van der Waals surface area contributed by atoms with E-state index in [-0.39, 0.29) is 29.6 Å². The summed E-state index contributed by atoms with van der Waals surface area (Å²) in [6, 6.07) is 11.9. The van der Waals surface area contributed by atoms with Crippen LogP contribution in [0.2, 0.25) is 5.02 Å². The van der Waals surface area contributed by atoms with Crippen LogP contribution >= 0.6 is 11.6 Å². The number of rotatable bonds is 3. The lowest BCUT2D eigenvalue weighted by Crippen LogP contribution is -2.31. The quantitative estimate of drug-likeness (QED) is 0.588. The number of allylic oxidation sites excluding steroid dienone is 2. The van der Waals surface area contributed by atoms with Crippen LogP contribution in [0, 0.1) is 18.8 Å². The maximum atomic E-state index is 12.9. The van der Waals surface area contributed by atoms with Crippen molar-refractivity contribution in [3.8, 4) is 0 Å². The molecule has 2 aromatic rings. The van der Waals surface area contributed by atoms with Gasteiger partial charge < -0.3 is 5.32 Å². The van der Waals surface area contributed by atoms with Gasteiger partial charge >= 0.3 is 0 Å². The minimum atomic E-state index is -0.333. The van der Waals surface area contributed by atoms with Crippen molar-refractivity contribution in [2.45, 2.75) is 26.7 Å². The van der Waals surface area contributed by atoms with Gasteiger partial charge in [0.2, 0.25) is 11.8 Å². The second-order valence-electron chi connectivity index (χ2n) is 7.68. The fraction of sp³-hybridized carbons (Fsp3) is 0.261. The van der Waals surface area contributed by atoms with Gasteiger partial charge in [-0.2, -0.15) is 0 Å². The third-order valence-corrected chi connectivity index (χ3v) is 6.03. The molecule has 29 heavy (non-hydrogen) atoms. The molecule has 0 spiro atoms. The topological polar surface area (TPSA) is 66.5 Å². The standard InChI is InChI=1S/C23H21ClN2O3/c1-13-6-9-18-19(10-13)23(29)26(22(18)28)17-5-3-4-15(11-17)21(27)25-16-8-7-14(2)20(24)12-16/h3-8,11-12,18-19H,9-10H2,1-2H3,(H,25,27)/t18-,19-/m1/s1. The van der Waals surface area contributed by atoms with E-state index in [4.69, 9.17) is 11.6 Å². The Bertz CT molecular complexity index is 1060. The highest BCUT2D eigenvalue weighted by molar-refractivity contribution is 6.31. The molecule has 1 aliphatic heterocycles. The minimum Gasteiger partial charge on any atom is -0.322 e. The monoisotopic (exact) mass is 408 g/mol. The van der Waals surface area contributed by atoms with Crippen molar-refractivity contribution in [3.63, 3.8) is 0 Å². The smallest absolute Gasteiger partial charge is 0.255 e. The SMILES string of the molecule is CC1=CC[C@H]2C(=O)N(c3cccc(C(=O)Nc4ccc(C)c(Cl)c4)c3)C(=O)[C@@H]2C1. The van der Waals surface area contributed by atoms with E-state index in [1.165, 1.54) is 4.90 Å². The molecule has 2 atom stereocenters. The Kier molecular flexibility index (Phi) is 5.01.